The van der Waals surface area contributed by atoms with Crippen LogP contribution < -0.4 is 10.5 Å². The smallest absolute Gasteiger partial charge is 0.388 e. The minimum atomic E-state index is -4.43. The van der Waals surface area contributed by atoms with Crippen molar-refractivity contribution in [1.29, 1.82) is 0 Å². The summed E-state index contributed by atoms with van der Waals surface area (Å²) < 4.78 is 71.0. The van der Waals surface area contributed by atoms with E-state index in [9.17, 15) is 31.8 Å². The van der Waals surface area contributed by atoms with Gasteiger partial charge in [0.15, 0.2) is 17.0 Å². The van der Waals surface area contributed by atoms with Crippen LogP contribution in [0.5, 0.6) is 0 Å². The molecule has 4 atom stereocenters. The molecule has 1 fully saturated rings. The molecule has 0 unspecified atom stereocenters. The van der Waals surface area contributed by atoms with Gasteiger partial charge < -0.3 is 20.3 Å². The van der Waals surface area contributed by atoms with Crippen LogP contribution in [0, 0.1) is 0 Å². The van der Waals surface area contributed by atoms with Gasteiger partial charge in [-0.25, -0.2) is 19.8 Å². The second-order valence-electron chi connectivity index (χ2n) is 7.98. The van der Waals surface area contributed by atoms with Crippen molar-refractivity contribution in [1.82, 2.24) is 25.0 Å². The van der Waals surface area contributed by atoms with Crippen LogP contribution in [0.2, 0.25) is 0 Å². The molecule has 0 bridgehead atoms. The van der Waals surface area contributed by atoms with E-state index in [2.05, 4.69) is 29.8 Å². The first kappa shape index (κ1) is 26.1. The van der Waals surface area contributed by atoms with Crippen molar-refractivity contribution >= 4 is 27.3 Å². The van der Waals surface area contributed by atoms with E-state index >= 15 is 0 Å². The number of aliphatic hydroxyl groups is 2. The maximum Gasteiger partial charge on any atom is 0.416 e. The van der Waals surface area contributed by atoms with Gasteiger partial charge in [0.05, 0.1) is 30.9 Å². The van der Waals surface area contributed by atoms with Crippen molar-refractivity contribution in [2.24, 2.45) is 5.14 Å². The number of aromatic nitrogens is 5. The van der Waals surface area contributed by atoms with Crippen molar-refractivity contribution in [3.8, 4) is 0 Å². The topological polar surface area (TPSA) is 188 Å². The van der Waals surface area contributed by atoms with Crippen LogP contribution in [0.25, 0.3) is 11.2 Å². The summed E-state index contributed by atoms with van der Waals surface area (Å²) in [6.45, 7) is -0.412. The average molecular weight is 533 g/mol. The van der Waals surface area contributed by atoms with Gasteiger partial charge in [-0.05, 0) is 17.7 Å². The Kier molecular flexibility index (Phi) is 7.39. The normalized spacial score (nSPS) is 22.8. The van der Waals surface area contributed by atoms with Crippen LogP contribution in [0.3, 0.4) is 0 Å². The first-order valence-corrected chi connectivity index (χ1v) is 12.0. The van der Waals surface area contributed by atoms with Crippen molar-refractivity contribution in [2.75, 3.05) is 18.5 Å². The molecule has 1 aliphatic rings. The maximum absolute atomic E-state index is 12.7. The summed E-state index contributed by atoms with van der Waals surface area (Å²) in [6, 6.07) is 3.88. The fraction of sp³-hybridized carbons (Fsp3) is 0.474. The molecule has 0 radical (unpaired) electrons. The Morgan fingerprint density at radius 3 is 2.53 bits per heavy atom. The first-order chi connectivity index (χ1) is 16.9. The minimum absolute atomic E-state index is 0.106. The highest BCUT2D eigenvalue weighted by atomic mass is 32.2. The van der Waals surface area contributed by atoms with E-state index in [1.54, 1.807) is 0 Å². The number of nitrogens with zero attached hydrogens (tertiary/aromatic N) is 5. The number of halogens is 3. The zero-order valence-corrected chi connectivity index (χ0v) is 19.2. The van der Waals surface area contributed by atoms with E-state index in [-0.39, 0.29) is 43.2 Å². The predicted molar refractivity (Wildman–Crippen MR) is 116 cm³/mol. The molecule has 0 saturated heterocycles. The number of rotatable bonds is 9. The number of hydrogen-bond acceptors (Lipinski definition) is 11. The summed E-state index contributed by atoms with van der Waals surface area (Å²) in [5.41, 5.74) is 0.310. The van der Waals surface area contributed by atoms with Gasteiger partial charge in [-0.3, -0.25) is 4.18 Å². The highest BCUT2D eigenvalue weighted by molar-refractivity contribution is 7.84. The summed E-state index contributed by atoms with van der Waals surface area (Å²) in [6.07, 6.45) is -6.54. The third kappa shape index (κ3) is 5.88. The molecule has 0 aliphatic heterocycles. The molecular formula is C19H22F3N7O6S. The summed E-state index contributed by atoms with van der Waals surface area (Å²) in [7, 11) is -4.13. The van der Waals surface area contributed by atoms with Crippen molar-refractivity contribution in [3.63, 3.8) is 0 Å². The van der Waals surface area contributed by atoms with E-state index < -0.39 is 46.4 Å². The zero-order chi connectivity index (χ0) is 26.1. The van der Waals surface area contributed by atoms with Crippen LogP contribution >= 0.6 is 0 Å². The summed E-state index contributed by atoms with van der Waals surface area (Å²) in [4.78, 5) is 8.26. The van der Waals surface area contributed by atoms with Gasteiger partial charge in [-0.1, -0.05) is 17.3 Å². The molecule has 36 heavy (non-hydrogen) atoms. The molecule has 2 aromatic heterocycles. The van der Waals surface area contributed by atoms with Crippen molar-refractivity contribution in [3.05, 3.63) is 41.7 Å². The van der Waals surface area contributed by atoms with Crippen molar-refractivity contribution < 1.29 is 40.7 Å². The molecule has 4 rings (SSSR count). The molecule has 0 amide bonds. The molecule has 17 heteroatoms. The largest absolute Gasteiger partial charge is 0.416 e. The number of alkyl halides is 3. The Labute approximate surface area is 202 Å². The summed E-state index contributed by atoms with van der Waals surface area (Å²) >= 11 is 0. The number of hydrogen-bond donors (Lipinski definition) is 4. The van der Waals surface area contributed by atoms with Gasteiger partial charge in [0.25, 0.3) is 0 Å². The van der Waals surface area contributed by atoms with Gasteiger partial charge in [0.1, 0.15) is 18.5 Å². The van der Waals surface area contributed by atoms with Crippen LogP contribution in [-0.4, -0.2) is 75.1 Å². The lowest BCUT2D eigenvalue weighted by atomic mass is 10.1. The number of fused-ring (bicyclic) bond motifs is 1. The Bertz CT molecular complexity index is 1310. The zero-order valence-electron chi connectivity index (χ0n) is 18.4. The molecule has 1 saturated carbocycles. The van der Waals surface area contributed by atoms with Crippen LogP contribution in [-0.2, 0) is 31.9 Å². The van der Waals surface area contributed by atoms with E-state index in [0.717, 1.165) is 12.1 Å². The second kappa shape index (κ2) is 10.2. The highest BCUT2D eigenvalue weighted by Gasteiger charge is 2.44. The molecule has 2 heterocycles. The molecule has 5 N–H and O–H groups in total. The lowest BCUT2D eigenvalue weighted by Crippen LogP contribution is -2.33. The molecule has 1 aliphatic carbocycles. The van der Waals surface area contributed by atoms with Gasteiger partial charge in [-0.15, -0.1) is 5.10 Å². The Balaban J connectivity index is 1.44. The average Bonchev–Trinajstić information content (AvgIpc) is 3.36. The number of nitrogens with one attached hydrogen (secondary N) is 1. The fourth-order valence-corrected chi connectivity index (χ4v) is 4.14. The van der Waals surface area contributed by atoms with Gasteiger partial charge in [-0.2, -0.15) is 21.6 Å². The minimum Gasteiger partial charge on any atom is -0.388 e. The van der Waals surface area contributed by atoms with Gasteiger partial charge in [0, 0.05) is 13.0 Å². The molecule has 3 aromatic rings. The van der Waals surface area contributed by atoms with E-state index in [0.29, 0.717) is 5.56 Å². The third-order valence-electron chi connectivity index (χ3n) is 5.58. The fourth-order valence-electron chi connectivity index (χ4n) is 3.84. The molecule has 0 spiro atoms. The first-order valence-electron chi connectivity index (χ1n) is 10.5. The number of ether oxygens (including phenoxy) is 1. The SMILES string of the molecule is NS(=O)(=O)OCCO[C@@H]1C[C@H](n2nnc3c(NCc4ccc(C(F)(F)F)cc4)ncnc32)[C@@H](O)[C@H]1O. The van der Waals surface area contributed by atoms with E-state index in [1.807, 2.05) is 0 Å². The van der Waals surface area contributed by atoms with Crippen molar-refractivity contribution in [2.45, 2.75) is 43.5 Å². The van der Waals surface area contributed by atoms with Gasteiger partial charge >= 0.3 is 16.5 Å². The summed E-state index contributed by atoms with van der Waals surface area (Å²) in [5, 5.41) is 36.7. The molecule has 13 nitrogen and oxygen atoms in total. The Hall–Kier alpha value is -2.96. The number of nitrogens with two attached hydrogens (primary N) is 1. The standard InChI is InChI=1S/C19H22F3N7O6S/c20-19(21,22)11-3-1-10(2-4-11)8-24-17-14-18(26-9-25-17)29(28-27-14)12-7-13(16(31)15(12)30)34-5-6-35-36(23,32)33/h1-4,9,12-13,15-16,30-31H,5-8H2,(H2,23,32,33)(H,24,25,26)/t12-,13+,15+,16-/m0/s1. The Morgan fingerprint density at radius 2 is 1.86 bits per heavy atom. The maximum atomic E-state index is 12.7. The van der Waals surface area contributed by atoms with Gasteiger partial charge in [0.2, 0.25) is 0 Å². The van der Waals surface area contributed by atoms with Crippen LogP contribution in [0.4, 0.5) is 19.0 Å². The monoisotopic (exact) mass is 533 g/mol. The lowest BCUT2D eigenvalue weighted by Gasteiger charge is -2.17. The molecule has 1 aromatic carbocycles. The summed E-state index contributed by atoms with van der Waals surface area (Å²) in [5.74, 6) is 0.270. The molecule has 196 valence electrons. The highest BCUT2D eigenvalue weighted by Crippen LogP contribution is 2.34. The van der Waals surface area contributed by atoms with E-state index in [1.165, 1.54) is 23.1 Å². The molecular weight excluding hydrogens is 511 g/mol. The second-order valence-corrected chi connectivity index (χ2v) is 9.21. The van der Waals surface area contributed by atoms with Crippen LogP contribution in [0.15, 0.2) is 30.6 Å². The lowest BCUT2D eigenvalue weighted by molar-refractivity contribution is -0.137. The predicted octanol–water partition coefficient (Wildman–Crippen LogP) is 0.124. The Morgan fingerprint density at radius 1 is 1.14 bits per heavy atom. The van der Waals surface area contributed by atoms with Crippen LogP contribution in [0.1, 0.15) is 23.6 Å². The third-order valence-corrected chi connectivity index (χ3v) is 6.07. The number of aliphatic hydroxyl groups excluding tert-OH is 2. The number of anilines is 1. The quantitative estimate of drug-likeness (QED) is 0.274. The van der Waals surface area contributed by atoms with E-state index in [4.69, 9.17) is 9.88 Å². The number of benzene rings is 1.